The number of allylic oxidation sites excluding steroid dienone is 6. The molecule has 1 aromatic carbocycles. The fraction of sp³-hybridized carbons (Fsp3) is 0.571. The summed E-state index contributed by atoms with van der Waals surface area (Å²) in [6, 6.07) is 4.96. The van der Waals surface area contributed by atoms with Crippen LogP contribution in [0.5, 0.6) is 0 Å². The molecule has 1 atom stereocenters. The maximum absolute atomic E-state index is 2.91. The minimum atomic E-state index is -2.91. The van der Waals surface area contributed by atoms with Crippen molar-refractivity contribution in [1.29, 1.82) is 0 Å². The normalized spacial score (nSPS) is 22.0. The Bertz CT molecular complexity index is 956. The van der Waals surface area contributed by atoms with Gasteiger partial charge in [0.25, 0.3) is 0 Å². The number of aryl methyl sites for hydroxylation is 1. The van der Waals surface area contributed by atoms with Gasteiger partial charge in [0.15, 0.2) is 0 Å². The Morgan fingerprint density at radius 3 is 2.14 bits per heavy atom. The second-order valence-corrected chi connectivity index (χ2v) is 28.2. The molecule has 0 radical (unpaired) electrons. The minimum absolute atomic E-state index is 0.320. The van der Waals surface area contributed by atoms with Crippen LogP contribution in [0.2, 0.25) is 12.5 Å². The van der Waals surface area contributed by atoms with Gasteiger partial charge in [-0.2, -0.15) is 0 Å². The van der Waals surface area contributed by atoms with Crippen molar-refractivity contribution in [2.45, 2.75) is 93.1 Å². The molecule has 0 fully saturated rings. The van der Waals surface area contributed by atoms with Crippen molar-refractivity contribution in [1.82, 2.24) is 0 Å². The zero-order valence-electron chi connectivity index (χ0n) is 20.3. The van der Waals surface area contributed by atoms with Crippen LogP contribution in [0.15, 0.2) is 37.8 Å². The van der Waals surface area contributed by atoms with Crippen LogP contribution in [-0.4, -0.2) is 0 Å². The van der Waals surface area contributed by atoms with Crippen molar-refractivity contribution in [3.05, 3.63) is 60.0 Å². The topological polar surface area (TPSA) is 0 Å². The Kier molecular flexibility index (Phi) is 5.33. The predicted octanol–water partition coefficient (Wildman–Crippen LogP) is 8.60. The molecule has 1 aromatic rings. The number of hydrogen-bond acceptors (Lipinski definition) is 0. The second kappa shape index (κ2) is 7.18. The number of hydrogen-bond donors (Lipinski definition) is 0. The van der Waals surface area contributed by atoms with Crippen molar-refractivity contribution in [2.24, 2.45) is 5.92 Å². The van der Waals surface area contributed by atoms with Gasteiger partial charge in [-0.15, -0.1) is 0 Å². The van der Waals surface area contributed by atoms with Crippen LogP contribution in [0.4, 0.5) is 0 Å². The van der Waals surface area contributed by atoms with E-state index < -0.39 is 20.0 Å². The third-order valence-electron chi connectivity index (χ3n) is 9.63. The fourth-order valence-electron chi connectivity index (χ4n) is 6.77. The van der Waals surface area contributed by atoms with Gasteiger partial charge in [-0.1, -0.05) is 0 Å². The molecular formula is C28H40Hf. The molecule has 1 heteroatoms. The first-order valence-corrected chi connectivity index (χ1v) is 22.6. The Hall–Kier alpha value is -0.690. The summed E-state index contributed by atoms with van der Waals surface area (Å²) in [5.41, 5.74) is 15.0. The first kappa shape index (κ1) is 21.5. The number of benzene rings is 1. The molecule has 4 rings (SSSR count). The second-order valence-electron chi connectivity index (χ2n) is 10.7. The SMILES string of the molecule is CCC(C)C1=[C]([Hf]([CH3])([CH3])[C]2(C)C(C)=C(C)C(C)=C2C)Cc2ccc3c(c21)CCC3. The molecule has 0 aromatic heterocycles. The van der Waals surface area contributed by atoms with Gasteiger partial charge in [0, 0.05) is 0 Å². The third-order valence-corrected chi connectivity index (χ3v) is 28.3. The van der Waals surface area contributed by atoms with E-state index in [1.165, 1.54) is 32.1 Å². The molecule has 0 aliphatic heterocycles. The van der Waals surface area contributed by atoms with Gasteiger partial charge >= 0.3 is 185 Å². The molecule has 0 saturated carbocycles. The third kappa shape index (κ3) is 2.78. The van der Waals surface area contributed by atoms with Crippen molar-refractivity contribution < 1.29 is 20.0 Å². The summed E-state index contributed by atoms with van der Waals surface area (Å²) >= 11 is -2.91. The number of rotatable bonds is 4. The van der Waals surface area contributed by atoms with Gasteiger partial charge in [-0.05, 0) is 0 Å². The standard InChI is InChI=1S/C16H19.C10H15.2CH3.Hf/c1-3-11(2)14-10-9-13-8-7-12-5-4-6-15(12)16(13)14;1-6-7(2)9(4)10(5)8(6)3;;;/h7-8,11H,3-6,9H2,1-2H3;1-5H3;2*1H3;. The molecule has 3 aliphatic carbocycles. The molecule has 1 unspecified atom stereocenters. The molecule has 3 aliphatic rings. The molecule has 29 heavy (non-hydrogen) atoms. The van der Waals surface area contributed by atoms with Gasteiger partial charge in [-0.25, -0.2) is 0 Å². The van der Waals surface area contributed by atoms with Crippen LogP contribution in [-0.2, 0) is 39.2 Å². The molecule has 0 nitrogen and oxygen atoms in total. The van der Waals surface area contributed by atoms with E-state index in [-0.39, 0.29) is 0 Å². The molecular weight excluding hydrogens is 515 g/mol. The van der Waals surface area contributed by atoms with Crippen LogP contribution in [0.3, 0.4) is 0 Å². The first-order valence-electron chi connectivity index (χ1n) is 11.8. The molecule has 0 saturated heterocycles. The van der Waals surface area contributed by atoms with Crippen LogP contribution in [0, 0.1) is 5.92 Å². The van der Waals surface area contributed by atoms with Gasteiger partial charge in [-0.3, -0.25) is 0 Å². The summed E-state index contributed by atoms with van der Waals surface area (Å²) in [7, 11) is 0. The summed E-state index contributed by atoms with van der Waals surface area (Å²) in [5, 5.41) is 0. The van der Waals surface area contributed by atoms with Crippen molar-refractivity contribution in [3.63, 3.8) is 0 Å². The fourth-order valence-corrected chi connectivity index (χ4v) is 23.1. The zero-order valence-corrected chi connectivity index (χ0v) is 23.9. The maximum atomic E-state index is 2.76. The van der Waals surface area contributed by atoms with Gasteiger partial charge < -0.3 is 0 Å². The van der Waals surface area contributed by atoms with E-state index in [1.54, 1.807) is 50.1 Å². The van der Waals surface area contributed by atoms with Crippen LogP contribution >= 0.6 is 0 Å². The Morgan fingerprint density at radius 1 is 0.966 bits per heavy atom. The van der Waals surface area contributed by atoms with Crippen LogP contribution in [0.1, 0.15) is 83.6 Å². The predicted molar refractivity (Wildman–Crippen MR) is 125 cm³/mol. The zero-order chi connectivity index (χ0) is 21.3. The summed E-state index contributed by atoms with van der Waals surface area (Å²) in [4.78, 5) is 0. The Balaban J connectivity index is 1.96. The van der Waals surface area contributed by atoms with Gasteiger partial charge in [0.1, 0.15) is 0 Å². The van der Waals surface area contributed by atoms with Gasteiger partial charge in [0.05, 0.1) is 0 Å². The van der Waals surface area contributed by atoms with Crippen LogP contribution < -0.4 is 0 Å². The molecule has 0 amide bonds. The average molecular weight is 555 g/mol. The Labute approximate surface area is 183 Å². The molecule has 0 heterocycles. The monoisotopic (exact) mass is 556 g/mol. The Morgan fingerprint density at radius 2 is 1.55 bits per heavy atom. The summed E-state index contributed by atoms with van der Waals surface area (Å²) in [6.45, 7) is 17.1. The molecule has 156 valence electrons. The van der Waals surface area contributed by atoms with E-state index in [0.29, 0.717) is 9.09 Å². The van der Waals surface area contributed by atoms with E-state index in [0.717, 1.165) is 0 Å². The number of fused-ring (bicyclic) bond motifs is 3. The molecule has 0 bridgehead atoms. The van der Waals surface area contributed by atoms with Gasteiger partial charge in [0.2, 0.25) is 0 Å². The summed E-state index contributed by atoms with van der Waals surface area (Å²) in [6.07, 6.45) is 6.44. The quantitative estimate of drug-likeness (QED) is 0.327. The van der Waals surface area contributed by atoms with Crippen LogP contribution in [0.25, 0.3) is 5.57 Å². The van der Waals surface area contributed by atoms with Crippen molar-refractivity contribution in [2.75, 3.05) is 0 Å². The first-order chi connectivity index (χ1) is 13.6. The summed E-state index contributed by atoms with van der Waals surface area (Å²) < 4.78 is 7.78. The van der Waals surface area contributed by atoms with Crippen molar-refractivity contribution >= 4 is 5.57 Å². The van der Waals surface area contributed by atoms with E-state index in [9.17, 15) is 0 Å². The van der Waals surface area contributed by atoms with Crippen molar-refractivity contribution in [3.8, 4) is 0 Å². The van der Waals surface area contributed by atoms with E-state index >= 15 is 0 Å². The summed E-state index contributed by atoms with van der Waals surface area (Å²) in [5.74, 6) is 0.679. The van der Waals surface area contributed by atoms with E-state index in [2.05, 4.69) is 70.0 Å². The molecule has 0 N–H and O–H groups in total. The van der Waals surface area contributed by atoms with E-state index in [4.69, 9.17) is 0 Å². The average Bonchev–Trinajstić information content (AvgIpc) is 3.36. The van der Waals surface area contributed by atoms with E-state index in [1.807, 2.05) is 3.33 Å². The molecule has 0 spiro atoms.